The van der Waals surface area contributed by atoms with Crippen LogP contribution < -0.4 is 5.32 Å². The predicted molar refractivity (Wildman–Crippen MR) is 119 cm³/mol. The molecule has 5 nitrogen and oxygen atoms in total. The molecule has 0 aliphatic heterocycles. The van der Waals surface area contributed by atoms with Crippen molar-refractivity contribution >= 4 is 5.91 Å². The van der Waals surface area contributed by atoms with Gasteiger partial charge in [0.15, 0.2) is 0 Å². The number of nitrogens with zero attached hydrogens (tertiary/aromatic N) is 3. The Bertz CT molecular complexity index is 866. The highest BCUT2D eigenvalue weighted by molar-refractivity contribution is 5.95. The van der Waals surface area contributed by atoms with Gasteiger partial charge in [0, 0.05) is 18.2 Å². The standard InChI is InChI=1S/C25H34N4O/c1-28(2)10-6-9-26-24(30)22-17-29(21-7-4-3-5-8-21)27-23(22)25-14-18-11-19(15-25)13-20(12-18)16-25/h3-5,7-8,17-20H,6,9-16H2,1-2H3,(H,26,30). The first-order chi connectivity index (χ1) is 14.5. The molecule has 160 valence electrons. The van der Waals surface area contributed by atoms with E-state index < -0.39 is 0 Å². The van der Waals surface area contributed by atoms with Crippen molar-refractivity contribution in [1.29, 1.82) is 0 Å². The first-order valence-electron chi connectivity index (χ1n) is 11.6. The van der Waals surface area contributed by atoms with Gasteiger partial charge in [-0.05, 0) is 95.5 Å². The molecule has 0 unspecified atom stereocenters. The number of hydrogen-bond acceptors (Lipinski definition) is 3. The minimum absolute atomic E-state index is 0.0432. The Hall–Kier alpha value is -2.14. The lowest BCUT2D eigenvalue weighted by atomic mass is 9.48. The van der Waals surface area contributed by atoms with Crippen LogP contribution in [0.3, 0.4) is 0 Å². The van der Waals surface area contributed by atoms with Gasteiger partial charge in [-0.3, -0.25) is 4.79 Å². The molecule has 1 N–H and O–H groups in total. The van der Waals surface area contributed by atoms with Gasteiger partial charge in [0.25, 0.3) is 5.91 Å². The monoisotopic (exact) mass is 406 g/mol. The summed E-state index contributed by atoms with van der Waals surface area (Å²) < 4.78 is 1.93. The summed E-state index contributed by atoms with van der Waals surface area (Å²) in [6, 6.07) is 10.2. The summed E-state index contributed by atoms with van der Waals surface area (Å²) in [4.78, 5) is 15.4. The molecule has 4 saturated carbocycles. The molecule has 4 aliphatic rings. The Morgan fingerprint density at radius 3 is 2.33 bits per heavy atom. The molecule has 1 heterocycles. The Morgan fingerprint density at radius 1 is 1.10 bits per heavy atom. The molecule has 1 aromatic heterocycles. The van der Waals surface area contributed by atoms with Gasteiger partial charge in [0.2, 0.25) is 0 Å². The van der Waals surface area contributed by atoms with E-state index in [1.807, 2.05) is 29.1 Å². The molecule has 4 aliphatic carbocycles. The van der Waals surface area contributed by atoms with E-state index in [9.17, 15) is 4.79 Å². The molecule has 0 atom stereocenters. The molecule has 0 spiro atoms. The van der Waals surface area contributed by atoms with Crippen LogP contribution in [0.15, 0.2) is 36.5 Å². The van der Waals surface area contributed by atoms with Gasteiger partial charge < -0.3 is 10.2 Å². The summed E-state index contributed by atoms with van der Waals surface area (Å²) in [6.07, 6.45) is 10.8. The van der Waals surface area contributed by atoms with Gasteiger partial charge in [-0.1, -0.05) is 18.2 Å². The summed E-state index contributed by atoms with van der Waals surface area (Å²) in [7, 11) is 4.13. The van der Waals surface area contributed by atoms with E-state index >= 15 is 0 Å². The molecule has 2 aromatic rings. The Balaban J connectivity index is 1.46. The van der Waals surface area contributed by atoms with Gasteiger partial charge in [-0.25, -0.2) is 4.68 Å². The Labute approximate surface area is 179 Å². The van der Waals surface area contributed by atoms with Crippen molar-refractivity contribution in [2.24, 2.45) is 17.8 Å². The molecular weight excluding hydrogens is 372 g/mol. The lowest BCUT2D eigenvalue weighted by molar-refractivity contribution is -0.00770. The zero-order valence-electron chi connectivity index (χ0n) is 18.3. The fraction of sp³-hybridized carbons (Fsp3) is 0.600. The fourth-order valence-corrected chi connectivity index (χ4v) is 6.74. The van der Waals surface area contributed by atoms with Crippen LogP contribution in [-0.4, -0.2) is 47.8 Å². The minimum Gasteiger partial charge on any atom is -0.352 e. The highest BCUT2D eigenvalue weighted by Crippen LogP contribution is 2.60. The van der Waals surface area contributed by atoms with Crippen LogP contribution in [0.1, 0.15) is 61.0 Å². The molecular formula is C25H34N4O. The third-order valence-corrected chi connectivity index (χ3v) is 7.59. The first-order valence-corrected chi connectivity index (χ1v) is 11.6. The molecule has 5 heteroatoms. The van der Waals surface area contributed by atoms with Crippen LogP contribution in [0.25, 0.3) is 5.69 Å². The summed E-state index contributed by atoms with van der Waals surface area (Å²) in [6.45, 7) is 1.68. The van der Waals surface area contributed by atoms with E-state index in [1.165, 1.54) is 38.5 Å². The number of benzene rings is 1. The van der Waals surface area contributed by atoms with Crippen molar-refractivity contribution in [3.05, 3.63) is 47.8 Å². The Morgan fingerprint density at radius 2 is 1.73 bits per heavy atom. The maximum Gasteiger partial charge on any atom is 0.254 e. The number of aromatic nitrogens is 2. The normalized spacial score (nSPS) is 29.5. The summed E-state index contributed by atoms with van der Waals surface area (Å²) in [5.41, 5.74) is 2.99. The number of carbonyl (C=O) groups is 1. The van der Waals surface area contributed by atoms with Crippen LogP contribution in [0.4, 0.5) is 0 Å². The van der Waals surface area contributed by atoms with Crippen molar-refractivity contribution in [3.63, 3.8) is 0 Å². The number of rotatable bonds is 7. The van der Waals surface area contributed by atoms with E-state index in [0.717, 1.165) is 47.7 Å². The molecule has 0 saturated heterocycles. The van der Waals surface area contributed by atoms with Crippen LogP contribution in [0.5, 0.6) is 0 Å². The van der Waals surface area contributed by atoms with E-state index in [2.05, 4.69) is 36.4 Å². The number of hydrogen-bond donors (Lipinski definition) is 1. The van der Waals surface area contributed by atoms with Crippen molar-refractivity contribution in [2.75, 3.05) is 27.2 Å². The maximum atomic E-state index is 13.3. The third-order valence-electron chi connectivity index (χ3n) is 7.59. The van der Waals surface area contributed by atoms with E-state index in [0.29, 0.717) is 6.54 Å². The molecule has 4 bridgehead atoms. The quantitative estimate of drug-likeness (QED) is 0.707. The molecule has 6 rings (SSSR count). The largest absolute Gasteiger partial charge is 0.352 e. The van der Waals surface area contributed by atoms with E-state index in [1.54, 1.807) is 0 Å². The van der Waals surface area contributed by atoms with Gasteiger partial charge in [-0.2, -0.15) is 5.10 Å². The topological polar surface area (TPSA) is 50.2 Å². The number of nitrogens with one attached hydrogen (secondary N) is 1. The lowest BCUT2D eigenvalue weighted by Gasteiger charge is -2.56. The summed E-state index contributed by atoms with van der Waals surface area (Å²) >= 11 is 0. The molecule has 30 heavy (non-hydrogen) atoms. The van der Waals surface area contributed by atoms with Crippen LogP contribution >= 0.6 is 0 Å². The van der Waals surface area contributed by atoms with Crippen LogP contribution in [0.2, 0.25) is 0 Å². The molecule has 4 fully saturated rings. The van der Waals surface area contributed by atoms with Crippen molar-refractivity contribution < 1.29 is 4.79 Å². The van der Waals surface area contributed by atoms with E-state index in [-0.39, 0.29) is 11.3 Å². The minimum atomic E-state index is 0.0432. The van der Waals surface area contributed by atoms with Crippen LogP contribution in [0, 0.1) is 17.8 Å². The van der Waals surface area contributed by atoms with Gasteiger partial charge in [0.1, 0.15) is 0 Å². The van der Waals surface area contributed by atoms with Crippen molar-refractivity contribution in [1.82, 2.24) is 20.0 Å². The van der Waals surface area contributed by atoms with Crippen molar-refractivity contribution in [3.8, 4) is 5.69 Å². The summed E-state index contributed by atoms with van der Waals surface area (Å²) in [5.74, 6) is 2.53. The van der Waals surface area contributed by atoms with Crippen LogP contribution in [-0.2, 0) is 5.41 Å². The van der Waals surface area contributed by atoms with Gasteiger partial charge in [-0.15, -0.1) is 0 Å². The number of para-hydroxylation sites is 1. The smallest absolute Gasteiger partial charge is 0.254 e. The average molecular weight is 407 g/mol. The van der Waals surface area contributed by atoms with E-state index in [4.69, 9.17) is 5.10 Å². The highest BCUT2D eigenvalue weighted by atomic mass is 16.1. The maximum absolute atomic E-state index is 13.3. The van der Waals surface area contributed by atoms with Crippen molar-refractivity contribution in [2.45, 2.75) is 50.4 Å². The predicted octanol–water partition coefficient (Wildman–Crippen LogP) is 4.02. The molecule has 1 amide bonds. The van der Waals surface area contributed by atoms with Gasteiger partial charge >= 0.3 is 0 Å². The second-order valence-corrected chi connectivity index (χ2v) is 10.3. The number of carbonyl (C=O) groups excluding carboxylic acids is 1. The Kier molecular flexibility index (Phi) is 5.18. The SMILES string of the molecule is CN(C)CCCNC(=O)c1cn(-c2ccccc2)nc1C12CC3CC(CC(C3)C1)C2. The average Bonchev–Trinajstić information content (AvgIpc) is 3.17. The fourth-order valence-electron chi connectivity index (χ4n) is 6.74. The van der Waals surface area contributed by atoms with Gasteiger partial charge in [0.05, 0.1) is 16.9 Å². The second-order valence-electron chi connectivity index (χ2n) is 10.3. The lowest BCUT2D eigenvalue weighted by Crippen LogP contribution is -2.49. The zero-order chi connectivity index (χ0) is 20.7. The first kappa shape index (κ1) is 19.8. The molecule has 0 radical (unpaired) electrons. The summed E-state index contributed by atoms with van der Waals surface area (Å²) in [5, 5.41) is 8.27. The highest BCUT2D eigenvalue weighted by Gasteiger charge is 2.53. The number of amides is 1. The molecule has 1 aromatic carbocycles. The third kappa shape index (κ3) is 3.68. The zero-order valence-corrected chi connectivity index (χ0v) is 18.3. The second kappa shape index (κ2) is 7.84.